The minimum atomic E-state index is -0.844. The van der Waals surface area contributed by atoms with E-state index in [-0.39, 0.29) is 28.5 Å². The molecule has 1 aromatic heterocycles. The van der Waals surface area contributed by atoms with Crippen molar-refractivity contribution in [2.24, 2.45) is 5.73 Å². The lowest BCUT2D eigenvalue weighted by Crippen LogP contribution is -2.37. The van der Waals surface area contributed by atoms with Gasteiger partial charge in [-0.2, -0.15) is 0 Å². The van der Waals surface area contributed by atoms with E-state index in [4.69, 9.17) is 11.5 Å². The zero-order valence-electron chi connectivity index (χ0n) is 23.9. The van der Waals surface area contributed by atoms with Crippen molar-refractivity contribution < 1.29 is 14.1 Å². The number of pyridine rings is 1. The second kappa shape index (κ2) is 12.3. The second-order valence-electron chi connectivity index (χ2n) is 10.3. The quantitative estimate of drug-likeness (QED) is 0.304. The molecule has 0 saturated carbocycles. The standard InChI is InChI=1S/C30H39FN6O2/c1-18(15-25-21(4)34-11-8-27(25)37(31)28(38)16-20(3)32)22(5)36-12-9-23(10-13-36)29-19(2)14-24(17-26(29)33)30(39)35(6)7/h8-9,11,14-17,22H,10,12-13,32-33H2,1-7H3/b18-15+,20-16+. The van der Waals surface area contributed by atoms with E-state index in [2.05, 4.69) is 22.9 Å². The van der Waals surface area contributed by atoms with Crippen molar-refractivity contribution in [2.75, 3.05) is 38.0 Å². The molecular weight excluding hydrogens is 495 g/mol. The summed E-state index contributed by atoms with van der Waals surface area (Å²) in [6, 6.07) is 5.19. The number of allylic oxidation sites excluding steroid dienone is 1. The van der Waals surface area contributed by atoms with Crippen LogP contribution in [0.5, 0.6) is 0 Å². The largest absolute Gasteiger partial charge is 0.402 e. The number of amides is 2. The first-order chi connectivity index (χ1) is 18.3. The fourth-order valence-electron chi connectivity index (χ4n) is 4.82. The average Bonchev–Trinajstić information content (AvgIpc) is 2.87. The Labute approximate surface area is 230 Å². The third-order valence-electron chi connectivity index (χ3n) is 7.08. The third kappa shape index (κ3) is 6.72. The Bertz CT molecular complexity index is 1330. The summed E-state index contributed by atoms with van der Waals surface area (Å²) in [5.41, 5.74) is 18.8. The highest BCUT2D eigenvalue weighted by Gasteiger charge is 2.23. The van der Waals surface area contributed by atoms with Gasteiger partial charge in [0.05, 0.1) is 5.69 Å². The molecular formula is C30H39FN6O2. The SMILES string of the molecule is C/C(N)=C\C(=O)N(F)c1ccnc(C)c1/C=C(\C)C(C)N1CC=C(c2c(C)cc(C(=O)N(C)C)cc2N)CC1. The summed E-state index contributed by atoms with van der Waals surface area (Å²) < 4.78 is 15.0. The van der Waals surface area contributed by atoms with Gasteiger partial charge >= 0.3 is 0 Å². The Morgan fingerprint density at radius 2 is 1.90 bits per heavy atom. The molecule has 9 heteroatoms. The molecule has 2 aromatic rings. The van der Waals surface area contributed by atoms with E-state index in [0.29, 0.717) is 29.1 Å². The highest BCUT2D eigenvalue weighted by molar-refractivity contribution is 6.01. The van der Waals surface area contributed by atoms with Crippen LogP contribution in [0.25, 0.3) is 11.6 Å². The first kappa shape index (κ1) is 29.6. The van der Waals surface area contributed by atoms with Crippen LogP contribution in [0.15, 0.2) is 47.8 Å². The molecule has 3 rings (SSSR count). The predicted molar refractivity (Wildman–Crippen MR) is 156 cm³/mol. The number of benzene rings is 1. The van der Waals surface area contributed by atoms with Gasteiger partial charge in [0.2, 0.25) is 0 Å². The number of hydrogen-bond acceptors (Lipinski definition) is 6. The zero-order valence-corrected chi connectivity index (χ0v) is 23.9. The van der Waals surface area contributed by atoms with E-state index < -0.39 is 5.91 Å². The molecule has 0 spiro atoms. The number of nitrogens with two attached hydrogens (primary N) is 2. The number of aromatic nitrogens is 1. The van der Waals surface area contributed by atoms with Crippen LogP contribution in [0.3, 0.4) is 0 Å². The van der Waals surface area contributed by atoms with Gasteiger partial charge in [-0.25, -0.2) is 0 Å². The normalized spacial score (nSPS) is 15.5. The maximum absolute atomic E-state index is 15.0. The van der Waals surface area contributed by atoms with Crippen molar-refractivity contribution in [3.05, 3.63) is 75.8 Å². The molecule has 8 nitrogen and oxygen atoms in total. The molecule has 0 bridgehead atoms. The smallest absolute Gasteiger partial charge is 0.280 e. The lowest BCUT2D eigenvalue weighted by molar-refractivity contribution is -0.116. The van der Waals surface area contributed by atoms with Crippen molar-refractivity contribution in [3.63, 3.8) is 0 Å². The van der Waals surface area contributed by atoms with Crippen molar-refractivity contribution in [3.8, 4) is 0 Å². The minimum absolute atomic E-state index is 0.0590. The highest BCUT2D eigenvalue weighted by atomic mass is 19.2. The van der Waals surface area contributed by atoms with E-state index in [0.717, 1.165) is 35.7 Å². The number of carbonyl (C=O) groups excluding carboxylic acids is 2. The number of nitrogen functional groups attached to an aromatic ring is 1. The van der Waals surface area contributed by atoms with Gasteiger partial charge in [0.15, 0.2) is 0 Å². The van der Waals surface area contributed by atoms with Crippen LogP contribution in [0.2, 0.25) is 0 Å². The lowest BCUT2D eigenvalue weighted by Gasteiger charge is -2.33. The number of hydrogen-bond donors (Lipinski definition) is 2. The first-order valence-electron chi connectivity index (χ1n) is 12.9. The van der Waals surface area contributed by atoms with Gasteiger partial charge in [-0.15, -0.1) is 5.12 Å². The summed E-state index contributed by atoms with van der Waals surface area (Å²) in [5, 5.41) is 0.106. The second-order valence-corrected chi connectivity index (χ2v) is 10.3. The van der Waals surface area contributed by atoms with E-state index in [1.54, 1.807) is 32.0 Å². The number of carbonyl (C=O) groups is 2. The van der Waals surface area contributed by atoms with Crippen LogP contribution in [-0.4, -0.2) is 59.8 Å². The lowest BCUT2D eigenvalue weighted by atomic mass is 9.91. The molecule has 2 heterocycles. The van der Waals surface area contributed by atoms with Crippen molar-refractivity contribution in [1.29, 1.82) is 0 Å². The summed E-state index contributed by atoms with van der Waals surface area (Å²) >= 11 is 0. The Balaban J connectivity index is 1.83. The van der Waals surface area contributed by atoms with Gasteiger partial charge in [-0.1, -0.05) is 22.2 Å². The molecule has 1 unspecified atom stereocenters. The van der Waals surface area contributed by atoms with Gasteiger partial charge in [0.1, 0.15) is 0 Å². The Morgan fingerprint density at radius 3 is 2.46 bits per heavy atom. The fourth-order valence-corrected chi connectivity index (χ4v) is 4.82. The molecule has 1 aliphatic rings. The predicted octanol–water partition coefficient (Wildman–Crippen LogP) is 4.64. The zero-order chi connectivity index (χ0) is 29.0. The third-order valence-corrected chi connectivity index (χ3v) is 7.08. The molecule has 1 aliphatic heterocycles. The Hall–Kier alpha value is -3.98. The van der Waals surface area contributed by atoms with Crippen LogP contribution >= 0.6 is 0 Å². The highest BCUT2D eigenvalue weighted by Crippen LogP contribution is 2.33. The van der Waals surface area contributed by atoms with Gasteiger partial charge in [-0.05, 0) is 70.4 Å². The molecule has 0 radical (unpaired) electrons. The minimum Gasteiger partial charge on any atom is -0.402 e. The van der Waals surface area contributed by atoms with Crippen molar-refractivity contribution in [2.45, 2.75) is 47.1 Å². The van der Waals surface area contributed by atoms with Gasteiger partial charge in [0, 0.05) is 79.3 Å². The number of halogens is 1. The number of aryl methyl sites for hydroxylation is 2. The molecule has 0 fully saturated rings. The Morgan fingerprint density at radius 1 is 1.21 bits per heavy atom. The van der Waals surface area contributed by atoms with E-state index in [1.807, 2.05) is 26.0 Å². The fraction of sp³-hybridized carbons (Fsp3) is 0.367. The van der Waals surface area contributed by atoms with Crippen LogP contribution in [0.1, 0.15) is 59.9 Å². The van der Waals surface area contributed by atoms with Gasteiger partial charge in [0.25, 0.3) is 11.8 Å². The summed E-state index contributed by atoms with van der Waals surface area (Å²) in [6.45, 7) is 10.9. The van der Waals surface area contributed by atoms with E-state index in [9.17, 15) is 14.1 Å². The van der Waals surface area contributed by atoms with Crippen LogP contribution in [0, 0.1) is 13.8 Å². The summed E-state index contributed by atoms with van der Waals surface area (Å²) in [5.74, 6) is -0.919. The maximum Gasteiger partial charge on any atom is 0.280 e. The van der Waals surface area contributed by atoms with Crippen LogP contribution in [-0.2, 0) is 4.79 Å². The molecule has 39 heavy (non-hydrogen) atoms. The topological polar surface area (TPSA) is 109 Å². The van der Waals surface area contributed by atoms with E-state index >= 15 is 0 Å². The molecule has 0 aliphatic carbocycles. The van der Waals surface area contributed by atoms with Gasteiger partial charge in [-0.3, -0.25) is 19.5 Å². The van der Waals surface area contributed by atoms with Crippen LogP contribution in [0.4, 0.5) is 15.9 Å². The number of anilines is 2. The molecule has 0 saturated heterocycles. The average molecular weight is 535 g/mol. The van der Waals surface area contributed by atoms with Crippen LogP contribution < -0.4 is 16.6 Å². The maximum atomic E-state index is 15.0. The van der Waals surface area contributed by atoms with E-state index in [1.165, 1.54) is 24.8 Å². The molecule has 2 amide bonds. The van der Waals surface area contributed by atoms with Crippen molar-refractivity contribution in [1.82, 2.24) is 14.8 Å². The summed E-state index contributed by atoms with van der Waals surface area (Å²) in [4.78, 5) is 32.8. The number of nitrogens with zero attached hydrogens (tertiary/aromatic N) is 4. The van der Waals surface area contributed by atoms with Crippen molar-refractivity contribution >= 4 is 34.8 Å². The monoisotopic (exact) mass is 534 g/mol. The number of rotatable bonds is 7. The summed E-state index contributed by atoms with van der Waals surface area (Å²) in [7, 11) is 3.45. The summed E-state index contributed by atoms with van der Waals surface area (Å²) in [6.07, 6.45) is 7.41. The molecule has 1 atom stereocenters. The Kier molecular flexibility index (Phi) is 9.29. The van der Waals surface area contributed by atoms with Gasteiger partial charge < -0.3 is 16.4 Å². The molecule has 208 valence electrons. The molecule has 4 N–H and O–H groups in total. The first-order valence-corrected chi connectivity index (χ1v) is 12.9. The molecule has 1 aromatic carbocycles.